The normalized spacial score (nSPS) is 12.0. The van der Waals surface area contributed by atoms with Crippen LogP contribution in [0.1, 0.15) is 30.5 Å². The van der Waals surface area contributed by atoms with Gasteiger partial charge in [0.15, 0.2) is 0 Å². The highest BCUT2D eigenvalue weighted by Crippen LogP contribution is 2.28. The fourth-order valence-electron chi connectivity index (χ4n) is 4.03. The van der Waals surface area contributed by atoms with Gasteiger partial charge in [-0.05, 0) is 57.5 Å². The molecule has 0 aliphatic carbocycles. The molecule has 0 bridgehead atoms. The number of nitrogens with zero attached hydrogens (tertiary/aromatic N) is 2. The highest BCUT2D eigenvalue weighted by molar-refractivity contribution is 7.92. The lowest BCUT2D eigenvalue weighted by atomic mass is 10.1. The van der Waals surface area contributed by atoms with Crippen LogP contribution in [0.2, 0.25) is 0 Å². The molecule has 1 unspecified atom stereocenters. The van der Waals surface area contributed by atoms with E-state index in [1.54, 1.807) is 50.2 Å². The molecule has 2 amide bonds. The third kappa shape index (κ3) is 6.54. The van der Waals surface area contributed by atoms with Crippen molar-refractivity contribution in [2.45, 2.75) is 45.2 Å². The molecule has 3 rings (SSSR count). The largest absolute Gasteiger partial charge is 0.355 e. The number of carbonyl (C=O) groups excluding carboxylic acids is 2. The van der Waals surface area contributed by atoms with Crippen LogP contribution in [-0.4, -0.2) is 44.3 Å². The summed E-state index contributed by atoms with van der Waals surface area (Å²) in [6.45, 7) is 6.53. The Morgan fingerprint density at radius 3 is 2.24 bits per heavy atom. The fourth-order valence-corrected chi connectivity index (χ4v) is 5.53. The zero-order valence-corrected chi connectivity index (χ0v) is 22.3. The Kier molecular flexibility index (Phi) is 9.04. The van der Waals surface area contributed by atoms with Crippen molar-refractivity contribution in [3.05, 3.63) is 95.3 Å². The predicted molar refractivity (Wildman–Crippen MR) is 142 cm³/mol. The molecule has 1 N–H and O–H groups in total. The average molecular weight is 526 g/mol. The van der Waals surface area contributed by atoms with E-state index >= 15 is 0 Å². The summed E-state index contributed by atoms with van der Waals surface area (Å²) in [5, 5.41) is 2.68. The molecule has 0 aromatic heterocycles. The molecular weight excluding hydrogens is 493 g/mol. The molecule has 0 aliphatic heterocycles. The Hall–Kier alpha value is -3.72. The second-order valence-corrected chi connectivity index (χ2v) is 10.7. The van der Waals surface area contributed by atoms with Gasteiger partial charge in [-0.25, -0.2) is 12.8 Å². The van der Waals surface area contributed by atoms with E-state index < -0.39 is 40.2 Å². The van der Waals surface area contributed by atoms with Gasteiger partial charge in [-0.1, -0.05) is 54.1 Å². The number of halogens is 1. The lowest BCUT2D eigenvalue weighted by molar-refractivity contribution is -0.139. The number of likely N-dealkylation sites (N-methyl/N-ethyl adjacent to an activating group) is 1. The summed E-state index contributed by atoms with van der Waals surface area (Å²) in [4.78, 5) is 27.7. The van der Waals surface area contributed by atoms with Gasteiger partial charge in [-0.15, -0.1) is 0 Å². The van der Waals surface area contributed by atoms with E-state index in [4.69, 9.17) is 0 Å². The second-order valence-electron chi connectivity index (χ2n) is 8.80. The first kappa shape index (κ1) is 27.9. The number of aryl methyl sites for hydroxylation is 2. The van der Waals surface area contributed by atoms with Crippen molar-refractivity contribution in [1.82, 2.24) is 10.2 Å². The minimum atomic E-state index is -4.14. The van der Waals surface area contributed by atoms with Gasteiger partial charge in [-0.2, -0.15) is 0 Å². The van der Waals surface area contributed by atoms with E-state index in [2.05, 4.69) is 5.32 Å². The molecule has 196 valence electrons. The summed E-state index contributed by atoms with van der Waals surface area (Å²) in [5.74, 6) is -1.58. The molecule has 0 spiro atoms. The Morgan fingerprint density at radius 2 is 1.62 bits per heavy atom. The van der Waals surface area contributed by atoms with Gasteiger partial charge in [0.1, 0.15) is 18.4 Å². The first-order chi connectivity index (χ1) is 17.6. The first-order valence-electron chi connectivity index (χ1n) is 12.0. The van der Waals surface area contributed by atoms with Crippen LogP contribution >= 0.6 is 0 Å². The van der Waals surface area contributed by atoms with Gasteiger partial charge in [-0.3, -0.25) is 13.9 Å². The standard InChI is InChI=1S/C28H32FN3O4S/c1-5-30-28(34)22(4)31(18-23-11-9-10-14-25(23)29)27(33)19-32(26-16-15-20(2)17-21(26)3)37(35,36)24-12-7-6-8-13-24/h6-17,22H,5,18-19H2,1-4H3,(H,30,34). The highest BCUT2D eigenvalue weighted by Gasteiger charge is 2.33. The zero-order chi connectivity index (χ0) is 27.2. The topological polar surface area (TPSA) is 86.8 Å². The third-order valence-electron chi connectivity index (χ3n) is 6.05. The minimum Gasteiger partial charge on any atom is -0.355 e. The van der Waals surface area contributed by atoms with Crippen molar-refractivity contribution in [2.75, 3.05) is 17.4 Å². The van der Waals surface area contributed by atoms with Gasteiger partial charge >= 0.3 is 0 Å². The summed E-state index contributed by atoms with van der Waals surface area (Å²) in [5.41, 5.74) is 2.18. The predicted octanol–water partition coefficient (Wildman–Crippen LogP) is 4.19. The maximum atomic E-state index is 14.5. The molecule has 3 aromatic carbocycles. The van der Waals surface area contributed by atoms with Crippen molar-refractivity contribution >= 4 is 27.5 Å². The molecule has 0 saturated heterocycles. The van der Waals surface area contributed by atoms with Crippen LogP contribution in [0.15, 0.2) is 77.7 Å². The van der Waals surface area contributed by atoms with Crippen molar-refractivity contribution in [2.24, 2.45) is 0 Å². The lowest BCUT2D eigenvalue weighted by Gasteiger charge is -2.32. The SMILES string of the molecule is CCNC(=O)C(C)N(Cc1ccccc1F)C(=O)CN(c1ccc(C)cc1C)S(=O)(=O)c1ccccc1. The summed E-state index contributed by atoms with van der Waals surface area (Å²) >= 11 is 0. The van der Waals surface area contributed by atoms with Gasteiger partial charge in [0.2, 0.25) is 11.8 Å². The van der Waals surface area contributed by atoms with Crippen LogP contribution < -0.4 is 9.62 Å². The molecule has 0 radical (unpaired) electrons. The number of anilines is 1. The summed E-state index contributed by atoms with van der Waals surface area (Å²) in [7, 11) is -4.14. The second kappa shape index (κ2) is 12.0. The number of nitrogens with one attached hydrogen (secondary N) is 1. The number of sulfonamides is 1. The van der Waals surface area contributed by atoms with Crippen LogP contribution in [0.25, 0.3) is 0 Å². The maximum Gasteiger partial charge on any atom is 0.264 e. The van der Waals surface area contributed by atoms with Gasteiger partial charge in [0.05, 0.1) is 10.6 Å². The van der Waals surface area contributed by atoms with Crippen LogP contribution in [0, 0.1) is 19.7 Å². The van der Waals surface area contributed by atoms with Crippen LogP contribution in [0.3, 0.4) is 0 Å². The Labute approximate surface area is 218 Å². The first-order valence-corrected chi connectivity index (χ1v) is 13.5. The minimum absolute atomic E-state index is 0.0280. The lowest BCUT2D eigenvalue weighted by Crippen LogP contribution is -2.51. The highest BCUT2D eigenvalue weighted by atomic mass is 32.2. The van der Waals surface area contributed by atoms with Gasteiger partial charge in [0, 0.05) is 18.7 Å². The molecule has 0 aliphatic rings. The number of hydrogen-bond donors (Lipinski definition) is 1. The summed E-state index contributed by atoms with van der Waals surface area (Å²) in [6, 6.07) is 18.1. The maximum absolute atomic E-state index is 14.5. The smallest absolute Gasteiger partial charge is 0.264 e. The molecule has 1 atom stereocenters. The quantitative estimate of drug-likeness (QED) is 0.430. The number of amides is 2. The van der Waals surface area contributed by atoms with Gasteiger partial charge < -0.3 is 10.2 Å². The molecule has 0 heterocycles. The van der Waals surface area contributed by atoms with E-state index in [-0.39, 0.29) is 17.0 Å². The van der Waals surface area contributed by atoms with Crippen LogP contribution in [0.4, 0.5) is 10.1 Å². The number of rotatable bonds is 10. The van der Waals surface area contributed by atoms with E-state index in [1.807, 2.05) is 13.0 Å². The molecule has 9 heteroatoms. The number of hydrogen-bond acceptors (Lipinski definition) is 4. The number of benzene rings is 3. The Balaban J connectivity index is 2.07. The molecule has 37 heavy (non-hydrogen) atoms. The van der Waals surface area contributed by atoms with Crippen molar-refractivity contribution in [3.63, 3.8) is 0 Å². The van der Waals surface area contributed by atoms with Crippen LogP contribution in [-0.2, 0) is 26.2 Å². The summed E-state index contributed by atoms with van der Waals surface area (Å²) < 4.78 is 43.1. The Bertz CT molecular complexity index is 1360. The van der Waals surface area contributed by atoms with Crippen molar-refractivity contribution in [1.29, 1.82) is 0 Å². The van der Waals surface area contributed by atoms with E-state index in [9.17, 15) is 22.4 Å². The zero-order valence-electron chi connectivity index (χ0n) is 21.4. The van der Waals surface area contributed by atoms with E-state index in [0.717, 1.165) is 9.87 Å². The van der Waals surface area contributed by atoms with Crippen molar-refractivity contribution < 1.29 is 22.4 Å². The molecule has 0 saturated carbocycles. The fraction of sp³-hybridized carbons (Fsp3) is 0.286. The van der Waals surface area contributed by atoms with E-state index in [1.165, 1.54) is 42.2 Å². The molecule has 0 fully saturated rings. The monoisotopic (exact) mass is 525 g/mol. The van der Waals surface area contributed by atoms with Crippen LogP contribution in [0.5, 0.6) is 0 Å². The molecular formula is C28H32FN3O4S. The summed E-state index contributed by atoms with van der Waals surface area (Å²) in [6.07, 6.45) is 0. The third-order valence-corrected chi connectivity index (χ3v) is 7.82. The average Bonchev–Trinajstić information content (AvgIpc) is 2.87. The molecule has 3 aromatic rings. The number of carbonyl (C=O) groups is 2. The van der Waals surface area contributed by atoms with Crippen molar-refractivity contribution in [3.8, 4) is 0 Å². The molecule has 7 nitrogen and oxygen atoms in total. The Morgan fingerprint density at radius 1 is 0.973 bits per heavy atom. The van der Waals surface area contributed by atoms with Gasteiger partial charge in [0.25, 0.3) is 10.0 Å². The van der Waals surface area contributed by atoms with E-state index in [0.29, 0.717) is 17.8 Å².